The molecule has 1 aliphatic heterocycles. The second kappa shape index (κ2) is 4.72. The summed E-state index contributed by atoms with van der Waals surface area (Å²) in [6.45, 7) is 7.59. The highest BCUT2D eigenvalue weighted by atomic mass is 16.2. The quantitative estimate of drug-likeness (QED) is 0.852. The molecule has 2 heterocycles. The zero-order chi connectivity index (χ0) is 13.3. The van der Waals surface area contributed by atoms with Crippen LogP contribution in [0.5, 0.6) is 0 Å². The highest BCUT2D eigenvalue weighted by Crippen LogP contribution is 2.28. The molecular weight excluding hydrogens is 228 g/mol. The molecule has 2 N–H and O–H groups in total. The van der Waals surface area contributed by atoms with Gasteiger partial charge >= 0.3 is 0 Å². The van der Waals surface area contributed by atoms with Gasteiger partial charge in [-0.25, -0.2) is 0 Å². The fourth-order valence-electron chi connectivity index (χ4n) is 2.45. The molecule has 2 atom stereocenters. The van der Waals surface area contributed by atoms with E-state index >= 15 is 0 Å². The van der Waals surface area contributed by atoms with Crippen LogP contribution in [0, 0.1) is 5.41 Å². The first-order valence-corrected chi connectivity index (χ1v) is 6.45. The molecule has 5 nitrogen and oxygen atoms in total. The molecule has 0 saturated carbocycles. The van der Waals surface area contributed by atoms with E-state index in [2.05, 4.69) is 18.9 Å². The lowest BCUT2D eigenvalue weighted by Crippen LogP contribution is -2.55. The SMILES string of the molecule is CC(C(=O)N1CCC(N)C(C)(C)C1)n1cccn1. The smallest absolute Gasteiger partial charge is 0.247 e. The number of carbonyl (C=O) groups is 1. The summed E-state index contributed by atoms with van der Waals surface area (Å²) in [5, 5.41) is 4.13. The van der Waals surface area contributed by atoms with Crippen LogP contribution >= 0.6 is 0 Å². The van der Waals surface area contributed by atoms with Crippen molar-refractivity contribution < 1.29 is 4.79 Å². The molecule has 1 fully saturated rings. The second-order valence-corrected chi connectivity index (χ2v) is 5.81. The average molecular weight is 250 g/mol. The van der Waals surface area contributed by atoms with Crippen molar-refractivity contribution >= 4 is 5.91 Å². The van der Waals surface area contributed by atoms with E-state index in [0.29, 0.717) is 0 Å². The van der Waals surface area contributed by atoms with Crippen molar-refractivity contribution in [3.05, 3.63) is 18.5 Å². The van der Waals surface area contributed by atoms with Crippen molar-refractivity contribution in [2.45, 2.75) is 39.3 Å². The molecule has 1 aromatic heterocycles. The number of carbonyl (C=O) groups excluding carboxylic acids is 1. The topological polar surface area (TPSA) is 64.2 Å². The Morgan fingerprint density at radius 3 is 2.83 bits per heavy atom. The summed E-state index contributed by atoms with van der Waals surface area (Å²) in [7, 11) is 0. The summed E-state index contributed by atoms with van der Waals surface area (Å²) in [6, 6.07) is 1.76. The van der Waals surface area contributed by atoms with Gasteiger partial charge in [0, 0.05) is 31.5 Å². The Labute approximate surface area is 108 Å². The van der Waals surface area contributed by atoms with Crippen LogP contribution in [0.1, 0.15) is 33.2 Å². The third kappa shape index (κ3) is 2.41. The Hall–Kier alpha value is -1.36. The normalized spacial score (nSPS) is 24.9. The van der Waals surface area contributed by atoms with Gasteiger partial charge in [0.15, 0.2) is 0 Å². The van der Waals surface area contributed by atoms with Crippen molar-refractivity contribution in [3.63, 3.8) is 0 Å². The Morgan fingerprint density at radius 1 is 1.56 bits per heavy atom. The number of hydrogen-bond acceptors (Lipinski definition) is 3. The van der Waals surface area contributed by atoms with E-state index in [9.17, 15) is 4.79 Å². The fourth-order valence-corrected chi connectivity index (χ4v) is 2.45. The lowest BCUT2D eigenvalue weighted by molar-refractivity contribution is -0.138. The second-order valence-electron chi connectivity index (χ2n) is 5.81. The molecular formula is C13H22N4O. The van der Waals surface area contributed by atoms with Gasteiger partial charge in [0.05, 0.1) is 0 Å². The molecule has 0 spiro atoms. The van der Waals surface area contributed by atoms with E-state index < -0.39 is 0 Å². The third-order valence-corrected chi connectivity index (χ3v) is 3.90. The van der Waals surface area contributed by atoms with Crippen LogP contribution in [0.25, 0.3) is 0 Å². The zero-order valence-corrected chi connectivity index (χ0v) is 11.3. The molecule has 0 aliphatic carbocycles. The van der Waals surface area contributed by atoms with Crippen LogP contribution in [0.15, 0.2) is 18.5 Å². The van der Waals surface area contributed by atoms with Crippen molar-refractivity contribution in [2.75, 3.05) is 13.1 Å². The molecule has 0 radical (unpaired) electrons. The molecule has 1 aliphatic rings. The molecule has 5 heteroatoms. The minimum Gasteiger partial charge on any atom is -0.340 e. The van der Waals surface area contributed by atoms with Gasteiger partial charge in [0.2, 0.25) is 5.91 Å². The summed E-state index contributed by atoms with van der Waals surface area (Å²) >= 11 is 0. The monoisotopic (exact) mass is 250 g/mol. The van der Waals surface area contributed by atoms with Crippen molar-refractivity contribution in [1.29, 1.82) is 0 Å². The zero-order valence-electron chi connectivity index (χ0n) is 11.3. The highest BCUT2D eigenvalue weighted by molar-refractivity contribution is 5.80. The van der Waals surface area contributed by atoms with E-state index in [-0.39, 0.29) is 23.4 Å². The lowest BCUT2D eigenvalue weighted by atomic mass is 9.79. The summed E-state index contributed by atoms with van der Waals surface area (Å²) in [4.78, 5) is 14.3. The van der Waals surface area contributed by atoms with Crippen LogP contribution < -0.4 is 5.73 Å². The summed E-state index contributed by atoms with van der Waals surface area (Å²) in [6.07, 6.45) is 4.38. The van der Waals surface area contributed by atoms with Crippen LogP contribution in [-0.4, -0.2) is 39.7 Å². The van der Waals surface area contributed by atoms with Gasteiger partial charge in [0.1, 0.15) is 6.04 Å². The van der Waals surface area contributed by atoms with Gasteiger partial charge in [0.25, 0.3) is 0 Å². The van der Waals surface area contributed by atoms with Crippen LogP contribution in [0.2, 0.25) is 0 Å². The van der Waals surface area contributed by atoms with E-state index in [4.69, 9.17) is 5.73 Å². The Bertz CT molecular complexity index is 413. The minimum absolute atomic E-state index is 0.0161. The molecule has 1 aromatic rings. The van der Waals surface area contributed by atoms with Gasteiger partial charge in [-0.05, 0) is 24.8 Å². The maximum atomic E-state index is 12.4. The van der Waals surface area contributed by atoms with Gasteiger partial charge in [-0.2, -0.15) is 5.10 Å². The van der Waals surface area contributed by atoms with E-state index in [1.54, 1.807) is 10.9 Å². The average Bonchev–Trinajstić information content (AvgIpc) is 2.84. The van der Waals surface area contributed by atoms with Gasteiger partial charge < -0.3 is 10.6 Å². The Balaban J connectivity index is 2.06. The number of aromatic nitrogens is 2. The van der Waals surface area contributed by atoms with E-state index in [1.165, 1.54) is 0 Å². The van der Waals surface area contributed by atoms with Crippen molar-refractivity contribution in [2.24, 2.45) is 11.1 Å². The number of nitrogens with zero attached hydrogens (tertiary/aromatic N) is 3. The first kappa shape index (κ1) is 13.1. The van der Waals surface area contributed by atoms with Gasteiger partial charge in [-0.3, -0.25) is 9.48 Å². The largest absolute Gasteiger partial charge is 0.340 e. The van der Waals surface area contributed by atoms with Gasteiger partial charge in [-0.1, -0.05) is 13.8 Å². The number of piperidine rings is 1. The number of likely N-dealkylation sites (tertiary alicyclic amines) is 1. The lowest BCUT2D eigenvalue weighted by Gasteiger charge is -2.43. The Kier molecular flexibility index (Phi) is 3.43. The highest BCUT2D eigenvalue weighted by Gasteiger charge is 2.36. The van der Waals surface area contributed by atoms with Gasteiger partial charge in [-0.15, -0.1) is 0 Å². The number of amides is 1. The van der Waals surface area contributed by atoms with Crippen molar-refractivity contribution in [1.82, 2.24) is 14.7 Å². The number of rotatable bonds is 2. The predicted molar refractivity (Wildman–Crippen MR) is 69.9 cm³/mol. The molecule has 1 saturated heterocycles. The third-order valence-electron chi connectivity index (χ3n) is 3.90. The van der Waals surface area contributed by atoms with Crippen molar-refractivity contribution in [3.8, 4) is 0 Å². The molecule has 0 aromatic carbocycles. The molecule has 18 heavy (non-hydrogen) atoms. The maximum absolute atomic E-state index is 12.4. The first-order chi connectivity index (χ1) is 8.42. The van der Waals surface area contributed by atoms with Crippen LogP contribution in [-0.2, 0) is 4.79 Å². The van der Waals surface area contributed by atoms with E-state index in [0.717, 1.165) is 19.5 Å². The molecule has 1 amide bonds. The standard InChI is InChI=1S/C13H22N4O/c1-10(17-7-4-6-15-17)12(18)16-8-5-11(14)13(2,3)9-16/h4,6-7,10-11H,5,8-9,14H2,1-3H3. The molecule has 100 valence electrons. The van der Waals surface area contributed by atoms with Crippen LogP contribution in [0.3, 0.4) is 0 Å². The first-order valence-electron chi connectivity index (χ1n) is 6.45. The molecule has 0 bridgehead atoms. The summed E-state index contributed by atoms with van der Waals surface area (Å²) in [5.41, 5.74) is 6.07. The van der Waals surface area contributed by atoms with E-state index in [1.807, 2.05) is 24.1 Å². The summed E-state index contributed by atoms with van der Waals surface area (Å²) < 4.78 is 1.70. The minimum atomic E-state index is -0.245. The maximum Gasteiger partial charge on any atom is 0.247 e. The number of hydrogen-bond donors (Lipinski definition) is 1. The molecule has 2 rings (SSSR count). The Morgan fingerprint density at radius 2 is 2.28 bits per heavy atom. The predicted octanol–water partition coefficient (Wildman–Crippen LogP) is 1.03. The van der Waals surface area contributed by atoms with Crippen LogP contribution in [0.4, 0.5) is 0 Å². The fraction of sp³-hybridized carbons (Fsp3) is 0.692. The summed E-state index contributed by atoms with van der Waals surface area (Å²) in [5.74, 6) is 0.124. The number of nitrogens with two attached hydrogens (primary N) is 1. The molecule has 2 unspecified atom stereocenters.